The van der Waals surface area contributed by atoms with Crippen molar-refractivity contribution in [1.82, 2.24) is 9.97 Å². The first-order chi connectivity index (χ1) is 6.36. The molecule has 71 valence electrons. The van der Waals surface area contributed by atoms with Crippen molar-refractivity contribution in [2.24, 2.45) is 0 Å². The fraction of sp³-hybridized carbons (Fsp3) is 0.0909. The minimum absolute atomic E-state index is 0. The second-order valence-corrected chi connectivity index (χ2v) is 2.87. The molecule has 1 radical (unpaired) electrons. The van der Waals surface area contributed by atoms with E-state index in [0.717, 1.165) is 17.0 Å². The van der Waals surface area contributed by atoms with E-state index in [-0.39, 0.29) is 19.5 Å². The van der Waals surface area contributed by atoms with E-state index in [0.29, 0.717) is 0 Å². The molecule has 1 aromatic carbocycles. The summed E-state index contributed by atoms with van der Waals surface area (Å²) < 4.78 is 0. The molecule has 0 saturated heterocycles. The third kappa shape index (κ3) is 2.46. The van der Waals surface area contributed by atoms with Crippen LogP contribution in [0.5, 0.6) is 0 Å². The molecule has 1 heterocycles. The van der Waals surface area contributed by atoms with Crippen LogP contribution in [0.1, 0.15) is 5.56 Å². The molecule has 2 rings (SSSR count). The fourth-order valence-electron chi connectivity index (χ4n) is 1.08. The summed E-state index contributed by atoms with van der Waals surface area (Å²) in [5, 5.41) is 0. The Kier molecular flexibility index (Phi) is 3.90. The maximum Gasteiger partial charge on any atom is 1.00 e. The summed E-state index contributed by atoms with van der Waals surface area (Å²) in [6, 6.07) is 10.6. The van der Waals surface area contributed by atoms with E-state index in [9.17, 15) is 0 Å². The van der Waals surface area contributed by atoms with E-state index >= 15 is 0 Å². The van der Waals surface area contributed by atoms with Crippen LogP contribution in [-0.2, 0) is 19.5 Å². The third-order valence-electron chi connectivity index (χ3n) is 1.76. The quantitative estimate of drug-likeness (QED) is 0.587. The van der Waals surface area contributed by atoms with E-state index in [4.69, 9.17) is 0 Å². The number of rotatable bonds is 1. The van der Waals surface area contributed by atoms with Crippen LogP contribution < -0.4 is 0 Å². The van der Waals surface area contributed by atoms with Gasteiger partial charge in [0, 0.05) is 12.4 Å². The van der Waals surface area contributed by atoms with Crippen molar-refractivity contribution in [2.75, 3.05) is 0 Å². The number of hydrogen-bond acceptors (Lipinski definition) is 2. The van der Waals surface area contributed by atoms with Crippen molar-refractivity contribution in [1.29, 1.82) is 0 Å². The van der Waals surface area contributed by atoms with E-state index in [2.05, 4.69) is 16.0 Å². The molecule has 14 heavy (non-hydrogen) atoms. The molecule has 2 aromatic rings. The van der Waals surface area contributed by atoms with Crippen molar-refractivity contribution in [3.8, 4) is 11.4 Å². The molecule has 0 amide bonds. The minimum atomic E-state index is 0. The molecule has 1 aromatic heterocycles. The van der Waals surface area contributed by atoms with Gasteiger partial charge >= 0.3 is 19.5 Å². The zero-order chi connectivity index (χ0) is 9.10. The van der Waals surface area contributed by atoms with Crippen LogP contribution >= 0.6 is 0 Å². The third-order valence-corrected chi connectivity index (χ3v) is 1.76. The van der Waals surface area contributed by atoms with Crippen LogP contribution in [0, 0.1) is 13.0 Å². The number of benzene rings is 1. The van der Waals surface area contributed by atoms with Crippen LogP contribution in [0.15, 0.2) is 36.7 Å². The van der Waals surface area contributed by atoms with Gasteiger partial charge in [0.05, 0.1) is 0 Å². The summed E-state index contributed by atoms with van der Waals surface area (Å²) in [4.78, 5) is 8.45. The summed E-state index contributed by atoms with van der Waals surface area (Å²) in [5.74, 6) is 0.764. The molecule has 0 atom stereocenters. The average Bonchev–Trinajstić information content (AvgIpc) is 2.20. The largest absolute Gasteiger partial charge is 1.00 e. The van der Waals surface area contributed by atoms with Gasteiger partial charge in [0.25, 0.3) is 0 Å². The Balaban J connectivity index is 0.000000980. The number of nitrogens with zero attached hydrogens (tertiary/aromatic N) is 2. The molecule has 3 heteroatoms. The van der Waals surface area contributed by atoms with E-state index in [1.54, 1.807) is 0 Å². The zero-order valence-corrected chi connectivity index (χ0v) is 9.45. The van der Waals surface area contributed by atoms with Crippen LogP contribution in [-0.4, -0.2) is 9.97 Å². The molecule has 0 saturated carbocycles. The molecule has 0 spiro atoms. The molecular formula is C11H9N2Ru. The molecule has 0 aliphatic carbocycles. The average molecular weight is 270 g/mol. The van der Waals surface area contributed by atoms with E-state index in [1.165, 1.54) is 0 Å². The van der Waals surface area contributed by atoms with E-state index in [1.807, 2.05) is 43.6 Å². The predicted molar refractivity (Wildman–Crippen MR) is 51.0 cm³/mol. The molecule has 0 unspecified atom stereocenters. The van der Waals surface area contributed by atoms with Gasteiger partial charge in [-0.05, 0) is 12.5 Å². The molecule has 0 N–H and O–H groups in total. The maximum atomic E-state index is 4.22. The zero-order valence-electron chi connectivity index (χ0n) is 7.71. The summed E-state index contributed by atoms with van der Waals surface area (Å²) >= 11 is 0. The molecule has 0 aliphatic rings. The number of hydrogen-bond donors (Lipinski definition) is 0. The first kappa shape index (κ1) is 11.0. The Labute approximate surface area is 96.2 Å². The topological polar surface area (TPSA) is 25.8 Å². The molecule has 0 aliphatic heterocycles. The van der Waals surface area contributed by atoms with Gasteiger partial charge in [-0.15, -0.1) is 0 Å². The fourth-order valence-corrected chi connectivity index (χ4v) is 1.08. The van der Waals surface area contributed by atoms with Crippen LogP contribution in [0.2, 0.25) is 0 Å². The molecule has 0 bridgehead atoms. The van der Waals surface area contributed by atoms with Crippen molar-refractivity contribution in [3.63, 3.8) is 0 Å². The Morgan fingerprint density at radius 1 is 1.07 bits per heavy atom. The minimum Gasteiger partial charge on any atom is -0.238 e. The normalized spacial score (nSPS) is 9.21. The van der Waals surface area contributed by atoms with Crippen LogP contribution in [0.4, 0.5) is 0 Å². The van der Waals surface area contributed by atoms with Crippen LogP contribution in [0.3, 0.4) is 0 Å². The Bertz CT molecular complexity index is 384. The first-order valence-corrected chi connectivity index (χ1v) is 4.11. The SMILES string of the molecule is Cc1cnc(-c2cc[c-]cc2)nc1.[Ru+]. The van der Waals surface area contributed by atoms with Gasteiger partial charge < -0.3 is 0 Å². The second kappa shape index (κ2) is 4.97. The van der Waals surface area contributed by atoms with Gasteiger partial charge in [0.15, 0.2) is 0 Å². The predicted octanol–water partition coefficient (Wildman–Crippen LogP) is 2.25. The van der Waals surface area contributed by atoms with Crippen molar-refractivity contribution in [3.05, 3.63) is 48.3 Å². The van der Waals surface area contributed by atoms with Crippen molar-refractivity contribution >= 4 is 0 Å². The summed E-state index contributed by atoms with van der Waals surface area (Å²) in [6.07, 6.45) is 3.64. The molecule has 0 fully saturated rings. The summed E-state index contributed by atoms with van der Waals surface area (Å²) in [7, 11) is 0. The van der Waals surface area contributed by atoms with Crippen LogP contribution in [0.25, 0.3) is 11.4 Å². The van der Waals surface area contributed by atoms with Gasteiger partial charge in [-0.3, -0.25) is 0 Å². The smallest absolute Gasteiger partial charge is 0.238 e. The summed E-state index contributed by atoms with van der Waals surface area (Å²) in [6.45, 7) is 1.97. The van der Waals surface area contributed by atoms with Gasteiger partial charge in [-0.25, -0.2) is 9.97 Å². The van der Waals surface area contributed by atoms with Gasteiger partial charge in [-0.1, -0.05) is 5.56 Å². The molecular weight excluding hydrogens is 261 g/mol. The number of aromatic nitrogens is 2. The summed E-state index contributed by atoms with van der Waals surface area (Å²) in [5.41, 5.74) is 2.10. The van der Waals surface area contributed by atoms with Crippen molar-refractivity contribution < 1.29 is 19.5 Å². The molecule has 2 nitrogen and oxygen atoms in total. The monoisotopic (exact) mass is 271 g/mol. The van der Waals surface area contributed by atoms with Gasteiger partial charge in [0.2, 0.25) is 0 Å². The second-order valence-electron chi connectivity index (χ2n) is 2.87. The van der Waals surface area contributed by atoms with Crippen molar-refractivity contribution in [2.45, 2.75) is 6.92 Å². The maximum absolute atomic E-state index is 4.22. The van der Waals surface area contributed by atoms with E-state index < -0.39 is 0 Å². The number of aryl methyl sites for hydroxylation is 1. The Morgan fingerprint density at radius 2 is 1.64 bits per heavy atom. The standard InChI is InChI=1S/C11H9N2.Ru/c1-9-7-12-11(13-8-9)10-5-3-2-4-6-10;/h3-8H,1H3;/q-1;+1. The van der Waals surface area contributed by atoms with Gasteiger partial charge in [-0.2, -0.15) is 30.3 Å². The Hall–Kier alpha value is -1.08. The first-order valence-electron chi connectivity index (χ1n) is 4.11. The Morgan fingerprint density at radius 3 is 2.21 bits per heavy atom. The van der Waals surface area contributed by atoms with Gasteiger partial charge in [0.1, 0.15) is 5.82 Å².